The fraction of sp³-hybridized carbons (Fsp3) is 0.500. The largest absolute Gasteiger partial charge is 0.490 e. The van der Waals surface area contributed by atoms with Gasteiger partial charge in [-0.2, -0.15) is 0 Å². The fourth-order valence-electron chi connectivity index (χ4n) is 1.30. The molecule has 0 aliphatic rings. The second kappa shape index (κ2) is 5.40. The van der Waals surface area contributed by atoms with Crippen LogP contribution in [0.25, 0.3) is 0 Å². The normalized spacial score (nSPS) is 11.8. The van der Waals surface area contributed by atoms with Gasteiger partial charge in [-0.25, -0.2) is 8.42 Å². The Hall–Kier alpha value is -1.23. The van der Waals surface area contributed by atoms with Crippen LogP contribution in [0.15, 0.2) is 18.2 Å². The Morgan fingerprint density at radius 1 is 1.35 bits per heavy atom. The van der Waals surface area contributed by atoms with Gasteiger partial charge in [0.25, 0.3) is 0 Å². The van der Waals surface area contributed by atoms with E-state index in [1.807, 2.05) is 13.0 Å². The van der Waals surface area contributed by atoms with E-state index in [2.05, 4.69) is 0 Å². The highest BCUT2D eigenvalue weighted by Gasteiger charge is 2.16. The van der Waals surface area contributed by atoms with Crippen molar-refractivity contribution >= 4 is 15.5 Å². The predicted octanol–water partition coefficient (Wildman–Crippen LogP) is 1.78. The molecule has 0 amide bonds. The molecule has 1 rings (SSSR count). The summed E-state index contributed by atoms with van der Waals surface area (Å²) < 4.78 is 28.5. The van der Waals surface area contributed by atoms with E-state index in [1.165, 1.54) is 0 Å². The third-order valence-corrected chi connectivity index (χ3v) is 4.68. The molecule has 0 radical (unpaired) electrons. The van der Waals surface area contributed by atoms with Crippen molar-refractivity contribution in [2.24, 2.45) is 0 Å². The van der Waals surface area contributed by atoms with E-state index >= 15 is 0 Å². The van der Waals surface area contributed by atoms with Crippen molar-refractivity contribution in [3.8, 4) is 5.75 Å². The number of nitrogens with two attached hydrogens (primary N) is 1. The summed E-state index contributed by atoms with van der Waals surface area (Å²) in [5.74, 6) is 0.549. The smallest absolute Gasteiger partial charge is 0.155 e. The summed E-state index contributed by atoms with van der Waals surface area (Å²) in [5.41, 5.74) is 7.34. The first-order valence-electron chi connectivity index (χ1n) is 5.53. The van der Waals surface area contributed by atoms with Crippen molar-refractivity contribution in [3.05, 3.63) is 23.8 Å². The Morgan fingerprint density at radius 3 is 2.53 bits per heavy atom. The van der Waals surface area contributed by atoms with Crippen molar-refractivity contribution in [1.29, 1.82) is 0 Å². The minimum atomic E-state index is -3.06. The SMILES string of the molecule is Cc1ccc(OCCS(=O)(=O)C(C)C)c(N)c1. The third-order valence-electron chi connectivity index (χ3n) is 2.51. The van der Waals surface area contributed by atoms with Gasteiger partial charge in [0.2, 0.25) is 0 Å². The van der Waals surface area contributed by atoms with Gasteiger partial charge >= 0.3 is 0 Å². The molecule has 0 saturated heterocycles. The van der Waals surface area contributed by atoms with E-state index in [9.17, 15) is 8.42 Å². The van der Waals surface area contributed by atoms with Crippen molar-refractivity contribution < 1.29 is 13.2 Å². The van der Waals surface area contributed by atoms with Gasteiger partial charge in [-0.3, -0.25) is 0 Å². The van der Waals surface area contributed by atoms with Crippen LogP contribution in [0.4, 0.5) is 5.69 Å². The number of nitrogen functional groups attached to an aromatic ring is 1. The molecule has 0 aliphatic heterocycles. The molecule has 0 unspecified atom stereocenters. The summed E-state index contributed by atoms with van der Waals surface area (Å²) in [6.07, 6.45) is 0. The molecule has 0 atom stereocenters. The highest BCUT2D eigenvalue weighted by molar-refractivity contribution is 7.91. The minimum Gasteiger partial charge on any atom is -0.490 e. The number of ether oxygens (including phenoxy) is 1. The number of hydrogen-bond donors (Lipinski definition) is 1. The number of anilines is 1. The van der Waals surface area contributed by atoms with Crippen LogP contribution in [-0.4, -0.2) is 26.0 Å². The topological polar surface area (TPSA) is 69.4 Å². The maximum absolute atomic E-state index is 11.5. The molecule has 0 aliphatic carbocycles. The Balaban J connectivity index is 2.58. The maximum atomic E-state index is 11.5. The first kappa shape index (κ1) is 13.8. The van der Waals surface area contributed by atoms with Crippen LogP contribution in [0.3, 0.4) is 0 Å². The standard InChI is InChI=1S/C12H19NO3S/c1-9(2)17(14,15)7-6-16-12-5-4-10(3)8-11(12)13/h4-5,8-9H,6-7,13H2,1-3H3. The second-order valence-corrected chi connectivity index (χ2v) is 6.98. The van der Waals surface area contributed by atoms with Gasteiger partial charge in [0.15, 0.2) is 9.84 Å². The van der Waals surface area contributed by atoms with E-state index in [0.29, 0.717) is 11.4 Å². The van der Waals surface area contributed by atoms with Crippen molar-refractivity contribution in [1.82, 2.24) is 0 Å². The van der Waals surface area contributed by atoms with Crippen LogP contribution in [0, 0.1) is 6.92 Å². The zero-order valence-electron chi connectivity index (χ0n) is 10.4. The summed E-state index contributed by atoms with van der Waals surface area (Å²) >= 11 is 0. The number of sulfone groups is 1. The lowest BCUT2D eigenvalue weighted by Gasteiger charge is -2.11. The molecule has 2 N–H and O–H groups in total. The molecule has 0 aromatic heterocycles. The predicted molar refractivity (Wildman–Crippen MR) is 70.0 cm³/mol. The van der Waals surface area contributed by atoms with Crippen molar-refractivity contribution in [3.63, 3.8) is 0 Å². The summed E-state index contributed by atoms with van der Waals surface area (Å²) in [7, 11) is -3.06. The highest BCUT2D eigenvalue weighted by atomic mass is 32.2. The molecular weight excluding hydrogens is 238 g/mol. The van der Waals surface area contributed by atoms with Gasteiger partial charge in [-0.05, 0) is 38.5 Å². The summed E-state index contributed by atoms with van der Waals surface area (Å²) in [6.45, 7) is 5.39. The van der Waals surface area contributed by atoms with Gasteiger partial charge in [0.1, 0.15) is 12.4 Å². The van der Waals surface area contributed by atoms with Crippen LogP contribution in [-0.2, 0) is 9.84 Å². The lowest BCUT2D eigenvalue weighted by molar-refractivity contribution is 0.342. The monoisotopic (exact) mass is 257 g/mol. The van der Waals surface area contributed by atoms with Gasteiger partial charge in [0, 0.05) is 0 Å². The highest BCUT2D eigenvalue weighted by Crippen LogP contribution is 2.22. The Labute approximate surface area is 103 Å². The molecule has 0 spiro atoms. The van der Waals surface area contributed by atoms with Crippen LogP contribution >= 0.6 is 0 Å². The van der Waals surface area contributed by atoms with Gasteiger partial charge in [0.05, 0.1) is 16.7 Å². The number of hydrogen-bond acceptors (Lipinski definition) is 4. The van der Waals surface area contributed by atoms with E-state index in [4.69, 9.17) is 10.5 Å². The number of aryl methyl sites for hydroxylation is 1. The molecule has 96 valence electrons. The first-order valence-corrected chi connectivity index (χ1v) is 7.25. The molecule has 0 heterocycles. The average Bonchev–Trinajstić information content (AvgIpc) is 2.21. The Bertz CT molecular complexity index is 481. The van der Waals surface area contributed by atoms with Crippen molar-refractivity contribution in [2.45, 2.75) is 26.0 Å². The van der Waals surface area contributed by atoms with Gasteiger partial charge < -0.3 is 10.5 Å². The average molecular weight is 257 g/mol. The summed E-state index contributed by atoms with van der Waals surface area (Å²) in [6, 6.07) is 5.43. The molecule has 5 heteroatoms. The van der Waals surface area contributed by atoms with Crippen LogP contribution < -0.4 is 10.5 Å². The molecule has 1 aromatic carbocycles. The maximum Gasteiger partial charge on any atom is 0.155 e. The summed E-state index contributed by atoms with van der Waals surface area (Å²) in [4.78, 5) is 0. The molecule has 17 heavy (non-hydrogen) atoms. The first-order chi connectivity index (χ1) is 7.83. The van der Waals surface area contributed by atoms with Gasteiger partial charge in [-0.1, -0.05) is 6.07 Å². The zero-order chi connectivity index (χ0) is 13.1. The minimum absolute atomic E-state index is 0.0119. The number of rotatable bonds is 5. The van der Waals surface area contributed by atoms with E-state index < -0.39 is 9.84 Å². The quantitative estimate of drug-likeness (QED) is 0.816. The van der Waals surface area contributed by atoms with Crippen molar-refractivity contribution in [2.75, 3.05) is 18.1 Å². The lowest BCUT2D eigenvalue weighted by Crippen LogP contribution is -2.22. The second-order valence-electron chi connectivity index (χ2n) is 4.31. The third kappa shape index (κ3) is 3.93. The Kier molecular flexibility index (Phi) is 4.40. The fourth-order valence-corrected chi connectivity index (χ4v) is 2.09. The summed E-state index contributed by atoms with van der Waals surface area (Å²) in [5, 5.41) is -0.374. The molecule has 4 nitrogen and oxygen atoms in total. The molecular formula is C12H19NO3S. The van der Waals surface area contributed by atoms with Crippen LogP contribution in [0.2, 0.25) is 0 Å². The number of benzene rings is 1. The molecule has 0 fully saturated rings. The van der Waals surface area contributed by atoms with Crippen LogP contribution in [0.5, 0.6) is 5.75 Å². The molecule has 0 saturated carbocycles. The molecule has 1 aromatic rings. The van der Waals surface area contributed by atoms with Gasteiger partial charge in [-0.15, -0.1) is 0 Å². The Morgan fingerprint density at radius 2 is 2.00 bits per heavy atom. The lowest BCUT2D eigenvalue weighted by atomic mass is 10.2. The van der Waals surface area contributed by atoms with E-state index in [0.717, 1.165) is 5.56 Å². The zero-order valence-corrected chi connectivity index (χ0v) is 11.3. The molecule has 0 bridgehead atoms. The van der Waals surface area contributed by atoms with E-state index in [-0.39, 0.29) is 17.6 Å². The van der Waals surface area contributed by atoms with E-state index in [1.54, 1.807) is 26.0 Å². The van der Waals surface area contributed by atoms with Crippen LogP contribution in [0.1, 0.15) is 19.4 Å².